The maximum absolute atomic E-state index is 15.6. The van der Waals surface area contributed by atoms with Gasteiger partial charge in [-0.05, 0) is 75.4 Å². The highest BCUT2D eigenvalue weighted by atomic mass is 32.1. The van der Waals surface area contributed by atoms with E-state index in [-0.39, 0.29) is 17.9 Å². The van der Waals surface area contributed by atoms with Gasteiger partial charge >= 0.3 is 12.1 Å². The number of methoxy groups -OCH3 is 1. The Hall–Kier alpha value is -3.85. The summed E-state index contributed by atoms with van der Waals surface area (Å²) in [5, 5.41) is 0.562. The van der Waals surface area contributed by atoms with Crippen LogP contribution in [0.4, 0.5) is 9.18 Å². The summed E-state index contributed by atoms with van der Waals surface area (Å²) in [6.07, 6.45) is 1.84. The van der Waals surface area contributed by atoms with Crippen LogP contribution in [0.3, 0.4) is 0 Å². The Kier molecular flexibility index (Phi) is 6.80. The van der Waals surface area contributed by atoms with Gasteiger partial charge in [0.25, 0.3) is 0 Å². The third-order valence-electron chi connectivity index (χ3n) is 7.92. The second-order valence-corrected chi connectivity index (χ2v) is 12.8. The molecule has 1 aliphatic heterocycles. The number of rotatable bonds is 5. The zero-order valence-electron chi connectivity index (χ0n) is 23.5. The first-order valence-electron chi connectivity index (χ1n) is 13.8. The van der Waals surface area contributed by atoms with E-state index in [1.54, 1.807) is 26.8 Å². The molecule has 2 aliphatic rings. The number of halogens is 1. The number of ether oxygens (including phenoxy) is 2. The maximum atomic E-state index is 15.6. The first-order valence-corrected chi connectivity index (χ1v) is 14.6. The Balaban J connectivity index is 1.25. The van der Waals surface area contributed by atoms with Gasteiger partial charge in [-0.2, -0.15) is 0 Å². The van der Waals surface area contributed by atoms with E-state index >= 15 is 4.39 Å². The fourth-order valence-corrected chi connectivity index (χ4v) is 6.66. The predicted molar refractivity (Wildman–Crippen MR) is 155 cm³/mol. The molecule has 3 heterocycles. The number of benzene rings is 2. The molecule has 1 saturated heterocycles. The second-order valence-electron chi connectivity index (χ2n) is 11.8. The first kappa shape index (κ1) is 27.3. The Labute approximate surface area is 242 Å². The van der Waals surface area contributed by atoms with Crippen LogP contribution < -0.4 is 0 Å². The molecule has 2 fully saturated rings. The van der Waals surface area contributed by atoms with E-state index in [2.05, 4.69) is 29.2 Å². The van der Waals surface area contributed by atoms with Crippen LogP contribution in [0.2, 0.25) is 0 Å². The summed E-state index contributed by atoms with van der Waals surface area (Å²) >= 11 is 1.38. The van der Waals surface area contributed by atoms with E-state index in [1.165, 1.54) is 35.0 Å². The van der Waals surface area contributed by atoms with Gasteiger partial charge in [0.15, 0.2) is 0 Å². The zero-order chi connectivity index (χ0) is 28.9. The lowest BCUT2D eigenvalue weighted by molar-refractivity contribution is -0.145. The van der Waals surface area contributed by atoms with E-state index in [0.29, 0.717) is 22.6 Å². The average Bonchev–Trinajstić information content (AvgIpc) is 3.45. The summed E-state index contributed by atoms with van der Waals surface area (Å²) in [6, 6.07) is 18.7. The molecule has 41 heavy (non-hydrogen) atoms. The fourth-order valence-electron chi connectivity index (χ4n) is 5.69. The Morgan fingerprint density at radius 3 is 2.46 bits per heavy atom. The summed E-state index contributed by atoms with van der Waals surface area (Å²) in [5.41, 5.74) is 3.37. The van der Waals surface area contributed by atoms with Crippen LogP contribution >= 0.6 is 11.3 Å². The molecule has 1 amide bonds. The van der Waals surface area contributed by atoms with E-state index in [1.807, 2.05) is 24.3 Å². The second kappa shape index (κ2) is 10.2. The molecule has 4 aromatic rings. The molecular weight excluding hydrogens is 541 g/mol. The molecule has 0 unspecified atom stereocenters. The number of pyridine rings is 1. The van der Waals surface area contributed by atoms with Crippen molar-refractivity contribution in [2.45, 2.75) is 63.0 Å². The van der Waals surface area contributed by atoms with Crippen LogP contribution in [0.25, 0.3) is 20.9 Å². The molecule has 212 valence electrons. The van der Waals surface area contributed by atoms with E-state index in [4.69, 9.17) is 14.5 Å². The highest BCUT2D eigenvalue weighted by Gasteiger charge is 2.47. The van der Waals surface area contributed by atoms with Gasteiger partial charge in [-0.3, -0.25) is 4.90 Å². The van der Waals surface area contributed by atoms with E-state index < -0.39 is 29.5 Å². The number of esters is 1. The number of thiazole rings is 1. The average molecular weight is 574 g/mol. The molecular formula is C32H32FN3O4S. The van der Waals surface area contributed by atoms with Crippen molar-refractivity contribution < 1.29 is 23.5 Å². The monoisotopic (exact) mass is 573 g/mol. The van der Waals surface area contributed by atoms with Crippen LogP contribution in [0, 0.1) is 5.82 Å². The number of amides is 1. The molecule has 0 N–H and O–H groups in total. The maximum Gasteiger partial charge on any atom is 0.411 e. The summed E-state index contributed by atoms with van der Waals surface area (Å²) in [6.45, 7) is 5.53. The molecule has 0 bridgehead atoms. The topological polar surface area (TPSA) is 81.6 Å². The molecule has 1 saturated carbocycles. The van der Waals surface area contributed by atoms with Gasteiger partial charge in [0.2, 0.25) is 0 Å². The third kappa shape index (κ3) is 5.19. The van der Waals surface area contributed by atoms with Gasteiger partial charge in [0, 0.05) is 23.4 Å². The van der Waals surface area contributed by atoms with Crippen molar-refractivity contribution in [2.24, 2.45) is 0 Å². The van der Waals surface area contributed by atoms with Gasteiger partial charge in [-0.25, -0.2) is 23.9 Å². The number of hydrogen-bond acceptors (Lipinski definition) is 7. The zero-order valence-corrected chi connectivity index (χ0v) is 24.3. The lowest BCUT2D eigenvalue weighted by atomic mass is 9.92. The largest absolute Gasteiger partial charge is 0.467 e. The van der Waals surface area contributed by atoms with Crippen molar-refractivity contribution in [1.82, 2.24) is 14.9 Å². The normalized spacial score (nSPS) is 19.8. The van der Waals surface area contributed by atoms with E-state index in [9.17, 15) is 9.59 Å². The molecule has 1 aliphatic carbocycles. The Morgan fingerprint density at radius 2 is 1.80 bits per heavy atom. The number of aromatic nitrogens is 2. The van der Waals surface area contributed by atoms with Crippen molar-refractivity contribution >= 4 is 33.7 Å². The Bertz CT molecular complexity index is 1630. The minimum Gasteiger partial charge on any atom is -0.467 e. The molecule has 2 aromatic heterocycles. The van der Waals surface area contributed by atoms with Crippen molar-refractivity contribution in [3.8, 4) is 10.6 Å². The quantitative estimate of drug-likeness (QED) is 0.243. The van der Waals surface area contributed by atoms with Crippen molar-refractivity contribution in [1.29, 1.82) is 0 Å². The van der Waals surface area contributed by atoms with Gasteiger partial charge in [0.1, 0.15) is 32.8 Å². The number of fused-ring (bicyclic) bond motifs is 1. The number of carbonyl (C=O) groups excluding carboxylic acids is 2. The van der Waals surface area contributed by atoms with Crippen molar-refractivity contribution in [2.75, 3.05) is 13.7 Å². The minimum atomic E-state index is -0.794. The number of hydrogen-bond donors (Lipinski definition) is 0. The van der Waals surface area contributed by atoms with Crippen LogP contribution in [-0.4, -0.2) is 52.2 Å². The molecule has 2 aromatic carbocycles. The predicted octanol–water partition coefficient (Wildman–Crippen LogP) is 6.84. The first-order chi connectivity index (χ1) is 19.6. The molecule has 2 atom stereocenters. The third-order valence-corrected chi connectivity index (χ3v) is 8.92. The van der Waals surface area contributed by atoms with E-state index in [0.717, 1.165) is 28.9 Å². The van der Waals surface area contributed by atoms with Gasteiger partial charge < -0.3 is 9.47 Å². The van der Waals surface area contributed by atoms with Crippen molar-refractivity contribution in [3.63, 3.8) is 0 Å². The fraction of sp³-hybridized carbons (Fsp3) is 0.375. The van der Waals surface area contributed by atoms with Crippen LogP contribution in [-0.2, 0) is 19.7 Å². The standard InChI is InChI=1S/C32H32FN3O4S/c1-31(2,3)40-30(38)36-18-20(17-25(36)29(37)39-4)19-10-11-22(23(33)16-19)27-34-24-12-13-26(35-28(24)41-27)32(14-15-32)21-8-6-5-7-9-21/h5-13,16,20,25H,14-15,17-18H2,1-4H3/t20-,25-/m0/s1. The lowest BCUT2D eigenvalue weighted by Gasteiger charge is -2.27. The molecule has 7 nitrogen and oxygen atoms in total. The molecule has 0 spiro atoms. The molecule has 9 heteroatoms. The molecule has 0 radical (unpaired) electrons. The Morgan fingerprint density at radius 1 is 1.05 bits per heavy atom. The lowest BCUT2D eigenvalue weighted by Crippen LogP contribution is -2.43. The minimum absolute atomic E-state index is 0.0526. The smallest absolute Gasteiger partial charge is 0.411 e. The number of likely N-dealkylation sites (tertiary alicyclic amines) is 1. The van der Waals surface area contributed by atoms with Crippen LogP contribution in [0.1, 0.15) is 62.8 Å². The van der Waals surface area contributed by atoms with Crippen molar-refractivity contribution in [3.05, 3.63) is 83.3 Å². The highest BCUT2D eigenvalue weighted by molar-refractivity contribution is 7.21. The van der Waals surface area contributed by atoms with Gasteiger partial charge in [0.05, 0.1) is 12.8 Å². The summed E-state index contributed by atoms with van der Waals surface area (Å²) < 4.78 is 26.0. The van der Waals surface area contributed by atoms with Gasteiger partial charge in [-0.1, -0.05) is 47.7 Å². The summed E-state index contributed by atoms with van der Waals surface area (Å²) in [5.74, 6) is -1.17. The number of carbonyl (C=O) groups is 2. The van der Waals surface area contributed by atoms with Crippen LogP contribution in [0.5, 0.6) is 0 Å². The summed E-state index contributed by atoms with van der Waals surface area (Å²) in [7, 11) is 1.29. The van der Waals surface area contributed by atoms with Crippen LogP contribution in [0.15, 0.2) is 60.7 Å². The molecule has 6 rings (SSSR count). The summed E-state index contributed by atoms with van der Waals surface area (Å²) in [4.78, 5) is 37.1. The highest BCUT2D eigenvalue weighted by Crippen LogP contribution is 2.53. The van der Waals surface area contributed by atoms with Gasteiger partial charge in [-0.15, -0.1) is 0 Å². The number of nitrogens with zero attached hydrogens (tertiary/aromatic N) is 3. The SMILES string of the molecule is COC(=O)[C@@H]1C[C@H](c2ccc(-c3nc4ccc(C5(c6ccccc6)CC5)nc4s3)c(F)c2)CN1C(=O)OC(C)(C)C.